The SMILES string of the molecule is C[C@@H](O)[C@H]1C(=O)N2C(C(=N)COCc3ccc([N+](=O)[O-])cc3)=C(S[C@H]3C[C@@H](C(=O)Nc4cccc(C(=O)OCc5ccc([N+](=O)[O-])cc5)c4)N(C(=O)OCc4ccc([N+](=O)[O-])cc4)C3)[C@H](C)[C@H]12. The van der Waals surface area contributed by atoms with Crippen LogP contribution in [0, 0.1) is 47.6 Å². The minimum absolute atomic E-state index is 0.0159. The number of carbonyl (C=O) groups is 4. The number of amides is 3. The summed E-state index contributed by atoms with van der Waals surface area (Å²) in [7, 11) is 0. The highest BCUT2D eigenvalue weighted by atomic mass is 32.2. The molecule has 0 aliphatic carbocycles. The number of aliphatic hydroxyl groups is 1. The van der Waals surface area contributed by atoms with Crippen molar-refractivity contribution in [1.29, 1.82) is 5.41 Å². The van der Waals surface area contributed by atoms with Gasteiger partial charge in [-0.2, -0.15) is 0 Å². The van der Waals surface area contributed by atoms with Crippen LogP contribution in [-0.4, -0.2) is 95.9 Å². The van der Waals surface area contributed by atoms with E-state index in [-0.39, 0.29) is 85.2 Å². The molecule has 3 N–H and O–H groups in total. The van der Waals surface area contributed by atoms with Crippen LogP contribution in [0.15, 0.2) is 108 Å². The number of esters is 1. The van der Waals surface area contributed by atoms with E-state index in [0.717, 1.165) is 0 Å². The number of thioether (sulfide) groups is 1. The number of carbonyl (C=O) groups excluding carboxylic acids is 4. The Hall–Kier alpha value is -7.56. The van der Waals surface area contributed by atoms with Crippen LogP contribution in [-0.2, 0) is 43.6 Å². The first-order chi connectivity index (χ1) is 32.0. The average Bonchev–Trinajstić information content (AvgIpc) is 3.84. The minimum atomic E-state index is -1.13. The number of hydrogen-bond donors (Lipinski definition) is 3. The van der Waals surface area contributed by atoms with Crippen molar-refractivity contribution in [2.45, 2.75) is 63.5 Å². The van der Waals surface area contributed by atoms with Gasteiger partial charge in [0.05, 0.1) is 63.0 Å². The number of nitrogens with one attached hydrogen (secondary N) is 2. The van der Waals surface area contributed by atoms with Gasteiger partial charge in [0.25, 0.3) is 17.1 Å². The van der Waals surface area contributed by atoms with Crippen LogP contribution in [0.2, 0.25) is 0 Å². The number of hydrogen-bond acceptors (Lipinski definition) is 16. The molecule has 67 heavy (non-hydrogen) atoms. The molecule has 3 aliphatic heterocycles. The predicted octanol–water partition coefficient (Wildman–Crippen LogP) is 6.53. The van der Waals surface area contributed by atoms with Gasteiger partial charge in [-0.3, -0.25) is 44.8 Å². The van der Waals surface area contributed by atoms with Crippen LogP contribution in [0.3, 0.4) is 0 Å². The molecule has 6 atom stereocenters. The van der Waals surface area contributed by atoms with Gasteiger partial charge >= 0.3 is 12.1 Å². The van der Waals surface area contributed by atoms with E-state index in [1.807, 2.05) is 6.92 Å². The number of anilines is 1. The molecule has 22 heteroatoms. The second-order valence-corrected chi connectivity index (χ2v) is 17.4. The van der Waals surface area contributed by atoms with Crippen molar-refractivity contribution in [3.05, 3.63) is 160 Å². The Kier molecular flexibility index (Phi) is 14.4. The molecule has 2 fully saturated rings. The second kappa shape index (κ2) is 20.3. The number of rotatable bonds is 18. The Morgan fingerprint density at radius 1 is 0.836 bits per heavy atom. The van der Waals surface area contributed by atoms with Gasteiger partial charge in [0.15, 0.2) is 0 Å². The number of nitrogens with zero attached hydrogens (tertiary/aromatic N) is 5. The van der Waals surface area contributed by atoms with Crippen LogP contribution < -0.4 is 5.32 Å². The topological polar surface area (TPSA) is 288 Å². The van der Waals surface area contributed by atoms with Crippen LogP contribution in [0.1, 0.15) is 47.3 Å². The summed E-state index contributed by atoms with van der Waals surface area (Å²) in [5, 5.41) is 55.2. The number of non-ortho nitro benzene ring substituents is 3. The second-order valence-electron chi connectivity index (χ2n) is 16.1. The van der Waals surface area contributed by atoms with Crippen molar-refractivity contribution in [1.82, 2.24) is 9.80 Å². The highest BCUT2D eigenvalue weighted by molar-refractivity contribution is 8.03. The number of ether oxygens (including phenoxy) is 3. The smallest absolute Gasteiger partial charge is 0.410 e. The van der Waals surface area contributed by atoms with Crippen molar-refractivity contribution >= 4 is 64.1 Å². The van der Waals surface area contributed by atoms with Crippen LogP contribution >= 0.6 is 11.8 Å². The molecular formula is C45H43N7O14S. The summed E-state index contributed by atoms with van der Waals surface area (Å²) in [6, 6.07) is 21.0. The standard InChI is InChI=1S/C45H43N7O14S/c1-25-39-38(26(2)53)43(55)49(39)40(36(46)24-64-21-27-6-12-32(13-7-27)50(58)59)41(25)67-35-19-37(48(20-35)45(57)66-23-29-10-16-34(17-11-29)52(62)63)42(54)47-31-5-3-4-30(18-31)44(56)65-22-28-8-14-33(15-9-28)51(60)61/h3-18,25-26,35,37-39,46,53H,19-24H2,1-2H3,(H,47,54)/t25-,26-,35+,37+,38-,39-/m1/s1. The third-order valence-electron chi connectivity index (χ3n) is 11.5. The zero-order valence-electron chi connectivity index (χ0n) is 35.8. The molecule has 7 rings (SSSR count). The molecule has 0 saturated carbocycles. The van der Waals surface area contributed by atoms with Crippen molar-refractivity contribution < 1.29 is 53.3 Å². The minimum Gasteiger partial charge on any atom is -0.457 e. The molecule has 0 bridgehead atoms. The van der Waals surface area contributed by atoms with Gasteiger partial charge in [0.1, 0.15) is 19.3 Å². The summed E-state index contributed by atoms with van der Waals surface area (Å²) < 4.78 is 16.9. The van der Waals surface area contributed by atoms with E-state index in [2.05, 4.69) is 5.32 Å². The maximum Gasteiger partial charge on any atom is 0.410 e. The van der Waals surface area contributed by atoms with E-state index in [4.69, 9.17) is 19.6 Å². The summed E-state index contributed by atoms with van der Waals surface area (Å²) in [5.41, 5.74) is 1.77. The number of benzene rings is 4. The average molecular weight is 938 g/mol. The van der Waals surface area contributed by atoms with Gasteiger partial charge in [-0.05, 0) is 84.6 Å². The van der Waals surface area contributed by atoms with E-state index >= 15 is 0 Å². The lowest BCUT2D eigenvalue weighted by Crippen LogP contribution is -2.63. The fourth-order valence-corrected chi connectivity index (χ4v) is 9.73. The molecule has 3 amide bonds. The van der Waals surface area contributed by atoms with Gasteiger partial charge in [0, 0.05) is 64.7 Å². The van der Waals surface area contributed by atoms with E-state index < -0.39 is 62.1 Å². The van der Waals surface area contributed by atoms with Gasteiger partial charge < -0.3 is 34.9 Å². The third-order valence-corrected chi connectivity index (χ3v) is 13.0. The van der Waals surface area contributed by atoms with Crippen LogP contribution in [0.25, 0.3) is 0 Å². The first kappa shape index (κ1) is 47.4. The number of likely N-dealkylation sites (tertiary alicyclic amines) is 1. The highest BCUT2D eigenvalue weighted by Gasteiger charge is 2.59. The van der Waals surface area contributed by atoms with E-state index in [1.165, 1.54) is 126 Å². The monoisotopic (exact) mass is 937 g/mol. The fraction of sp³-hybridized carbons (Fsp3) is 0.311. The van der Waals surface area contributed by atoms with Crippen molar-refractivity contribution in [2.24, 2.45) is 11.8 Å². The molecule has 0 aromatic heterocycles. The van der Waals surface area contributed by atoms with Crippen molar-refractivity contribution in [3.63, 3.8) is 0 Å². The highest BCUT2D eigenvalue weighted by Crippen LogP contribution is 2.52. The van der Waals surface area contributed by atoms with Gasteiger partial charge in [0.2, 0.25) is 11.8 Å². The fourth-order valence-electron chi connectivity index (χ4n) is 8.17. The molecule has 3 aliphatic rings. The largest absolute Gasteiger partial charge is 0.457 e. The summed E-state index contributed by atoms with van der Waals surface area (Å²) >= 11 is 1.29. The van der Waals surface area contributed by atoms with Gasteiger partial charge in [-0.15, -0.1) is 11.8 Å². The predicted molar refractivity (Wildman–Crippen MR) is 240 cm³/mol. The Labute approximate surface area is 385 Å². The molecule has 348 valence electrons. The zero-order valence-corrected chi connectivity index (χ0v) is 36.7. The molecular weight excluding hydrogens is 895 g/mol. The van der Waals surface area contributed by atoms with Gasteiger partial charge in [-0.25, -0.2) is 9.59 Å². The van der Waals surface area contributed by atoms with Crippen molar-refractivity contribution in [3.8, 4) is 0 Å². The van der Waals surface area contributed by atoms with E-state index in [1.54, 1.807) is 0 Å². The van der Waals surface area contributed by atoms with Crippen LogP contribution in [0.5, 0.6) is 0 Å². The third kappa shape index (κ3) is 10.6. The molecule has 0 spiro atoms. The number of nitro benzene ring substituents is 3. The van der Waals surface area contributed by atoms with Crippen LogP contribution in [0.4, 0.5) is 27.5 Å². The summed E-state index contributed by atoms with van der Waals surface area (Å²) in [6.07, 6.45) is -1.77. The molecule has 4 aromatic rings. The lowest BCUT2D eigenvalue weighted by molar-refractivity contribution is -0.385. The quantitative estimate of drug-likeness (QED) is 0.0314. The molecule has 0 unspecified atom stereocenters. The summed E-state index contributed by atoms with van der Waals surface area (Å²) in [6.45, 7) is 2.70. The Balaban J connectivity index is 1.09. The molecule has 3 heterocycles. The van der Waals surface area contributed by atoms with Crippen molar-refractivity contribution in [2.75, 3.05) is 18.5 Å². The molecule has 0 radical (unpaired) electrons. The Morgan fingerprint density at radius 2 is 1.37 bits per heavy atom. The summed E-state index contributed by atoms with van der Waals surface area (Å²) in [4.78, 5) is 89.6. The maximum absolute atomic E-state index is 14.2. The zero-order chi connectivity index (χ0) is 48.1. The lowest BCUT2D eigenvalue weighted by Gasteiger charge is -2.47. The Morgan fingerprint density at radius 3 is 1.91 bits per heavy atom. The first-order valence-corrected chi connectivity index (χ1v) is 21.7. The van der Waals surface area contributed by atoms with Gasteiger partial charge in [-0.1, -0.05) is 13.0 Å². The normalized spacial score (nSPS) is 20.1. The first-order valence-electron chi connectivity index (χ1n) is 20.8. The number of β-lactam (4-membered cyclic amide) rings is 1. The number of aliphatic hydroxyl groups excluding tert-OH is 1. The number of nitro groups is 3. The summed E-state index contributed by atoms with van der Waals surface area (Å²) in [5.74, 6) is -2.83. The molecule has 4 aromatic carbocycles. The Bertz CT molecular complexity index is 2640. The van der Waals surface area contributed by atoms with E-state index in [9.17, 15) is 54.6 Å². The maximum atomic E-state index is 14.2. The molecule has 2 saturated heterocycles. The molecule has 21 nitrogen and oxygen atoms in total. The lowest BCUT2D eigenvalue weighted by atomic mass is 9.79. The van der Waals surface area contributed by atoms with E-state index in [0.29, 0.717) is 27.3 Å². The number of fused-ring (bicyclic) bond motifs is 1.